The van der Waals surface area contributed by atoms with Crippen molar-refractivity contribution in [1.82, 2.24) is 0 Å². The lowest BCUT2D eigenvalue weighted by molar-refractivity contribution is 0.414. The van der Waals surface area contributed by atoms with E-state index in [-0.39, 0.29) is 4.83 Å². The van der Waals surface area contributed by atoms with Crippen LogP contribution in [0.3, 0.4) is 0 Å². The van der Waals surface area contributed by atoms with Crippen molar-refractivity contribution in [3.05, 3.63) is 64.7 Å². The number of benzene rings is 2. The zero-order chi connectivity index (χ0) is 14.7. The molecule has 2 rings (SSSR count). The molecule has 20 heavy (non-hydrogen) atoms. The van der Waals surface area contributed by atoms with Gasteiger partial charge in [-0.25, -0.2) is 8.78 Å². The standard InChI is InChI=1S/C16H15BrF2O/c1-10-6-16(19)13(9-15(10)18)14(17)8-11-4-3-5-12(7-11)20-2/h3-7,9,14H,8H2,1-2H3. The van der Waals surface area contributed by atoms with Gasteiger partial charge in [0.15, 0.2) is 0 Å². The van der Waals surface area contributed by atoms with E-state index < -0.39 is 11.6 Å². The second-order valence-corrected chi connectivity index (χ2v) is 5.75. The van der Waals surface area contributed by atoms with Crippen molar-refractivity contribution < 1.29 is 13.5 Å². The molecule has 2 aromatic carbocycles. The maximum Gasteiger partial charge on any atom is 0.128 e. The summed E-state index contributed by atoms with van der Waals surface area (Å²) in [5.41, 5.74) is 1.63. The molecule has 0 saturated carbocycles. The first-order chi connectivity index (χ1) is 9.51. The van der Waals surface area contributed by atoms with Crippen molar-refractivity contribution in [1.29, 1.82) is 0 Å². The van der Waals surface area contributed by atoms with E-state index in [0.717, 1.165) is 11.3 Å². The maximum atomic E-state index is 13.9. The van der Waals surface area contributed by atoms with E-state index in [4.69, 9.17) is 4.74 Å². The molecule has 0 aliphatic carbocycles. The van der Waals surface area contributed by atoms with E-state index in [1.54, 1.807) is 14.0 Å². The van der Waals surface area contributed by atoms with Crippen molar-refractivity contribution in [2.75, 3.05) is 7.11 Å². The van der Waals surface area contributed by atoms with E-state index in [0.29, 0.717) is 17.5 Å². The van der Waals surface area contributed by atoms with E-state index in [9.17, 15) is 8.78 Å². The number of aryl methyl sites for hydroxylation is 1. The van der Waals surface area contributed by atoms with Gasteiger partial charge in [0.2, 0.25) is 0 Å². The van der Waals surface area contributed by atoms with Crippen LogP contribution in [0.15, 0.2) is 36.4 Å². The van der Waals surface area contributed by atoms with Crippen molar-refractivity contribution >= 4 is 15.9 Å². The lowest BCUT2D eigenvalue weighted by Crippen LogP contribution is -2.01. The molecule has 4 heteroatoms. The maximum absolute atomic E-state index is 13.9. The molecule has 1 nitrogen and oxygen atoms in total. The predicted octanol–water partition coefficient (Wildman–Crippen LogP) is 4.96. The van der Waals surface area contributed by atoms with Crippen LogP contribution in [-0.4, -0.2) is 7.11 Å². The summed E-state index contributed by atoms with van der Waals surface area (Å²) in [4.78, 5) is -0.287. The van der Waals surface area contributed by atoms with Gasteiger partial charge < -0.3 is 4.74 Å². The van der Waals surface area contributed by atoms with Crippen LogP contribution in [0.4, 0.5) is 8.78 Å². The third-order valence-corrected chi connectivity index (χ3v) is 3.98. The van der Waals surface area contributed by atoms with Crippen LogP contribution in [0.5, 0.6) is 5.75 Å². The van der Waals surface area contributed by atoms with Crippen molar-refractivity contribution in [2.24, 2.45) is 0 Å². The zero-order valence-corrected chi connectivity index (χ0v) is 12.9. The predicted molar refractivity (Wildman–Crippen MR) is 79.5 cm³/mol. The summed E-state index contributed by atoms with van der Waals surface area (Å²) >= 11 is 3.43. The molecule has 0 amide bonds. The molecule has 0 bridgehead atoms. The lowest BCUT2D eigenvalue weighted by Gasteiger charge is -2.13. The number of alkyl halides is 1. The molecule has 0 aliphatic heterocycles. The first-order valence-electron chi connectivity index (χ1n) is 6.24. The first kappa shape index (κ1) is 15.0. The molecule has 0 N–H and O–H groups in total. The van der Waals surface area contributed by atoms with E-state index >= 15 is 0 Å². The van der Waals surface area contributed by atoms with Crippen LogP contribution in [0.25, 0.3) is 0 Å². The molecule has 0 heterocycles. The van der Waals surface area contributed by atoms with Crippen LogP contribution in [0.2, 0.25) is 0 Å². The number of hydrogen-bond donors (Lipinski definition) is 0. The van der Waals surface area contributed by atoms with Gasteiger partial charge in [-0.05, 0) is 48.7 Å². The zero-order valence-electron chi connectivity index (χ0n) is 11.3. The average molecular weight is 341 g/mol. The molecule has 0 fully saturated rings. The van der Waals surface area contributed by atoms with Crippen LogP contribution in [0.1, 0.15) is 21.5 Å². The second kappa shape index (κ2) is 6.35. The van der Waals surface area contributed by atoms with Gasteiger partial charge in [0.25, 0.3) is 0 Å². The Morgan fingerprint density at radius 2 is 1.90 bits per heavy atom. The largest absolute Gasteiger partial charge is 0.497 e. The summed E-state index contributed by atoms with van der Waals surface area (Å²) in [5.74, 6) is -0.0390. The molecule has 0 saturated heterocycles. The van der Waals surface area contributed by atoms with Crippen LogP contribution in [0, 0.1) is 18.6 Å². The summed E-state index contributed by atoms with van der Waals surface area (Å²) in [5, 5.41) is 0. The highest BCUT2D eigenvalue weighted by Gasteiger charge is 2.16. The molecule has 1 atom stereocenters. The lowest BCUT2D eigenvalue weighted by atomic mass is 10.0. The Bertz CT molecular complexity index is 613. The number of hydrogen-bond acceptors (Lipinski definition) is 1. The second-order valence-electron chi connectivity index (χ2n) is 4.65. The third-order valence-electron chi connectivity index (χ3n) is 3.16. The molecule has 0 radical (unpaired) electrons. The minimum atomic E-state index is -0.395. The Kier molecular flexibility index (Phi) is 4.76. The fraction of sp³-hybridized carbons (Fsp3) is 0.250. The highest BCUT2D eigenvalue weighted by Crippen LogP contribution is 2.31. The van der Waals surface area contributed by atoms with Crippen molar-refractivity contribution in [2.45, 2.75) is 18.2 Å². The van der Waals surface area contributed by atoms with E-state index in [2.05, 4.69) is 15.9 Å². The normalized spacial score (nSPS) is 12.2. The van der Waals surface area contributed by atoms with Crippen molar-refractivity contribution in [3.63, 3.8) is 0 Å². The Labute approximate surface area is 125 Å². The SMILES string of the molecule is COc1cccc(CC(Br)c2cc(F)c(C)cc2F)c1. The number of rotatable bonds is 4. The van der Waals surface area contributed by atoms with E-state index in [1.165, 1.54) is 12.1 Å². The van der Waals surface area contributed by atoms with Gasteiger partial charge in [0, 0.05) is 10.4 Å². The summed E-state index contributed by atoms with van der Waals surface area (Å²) in [6, 6.07) is 10.0. The Hall–Kier alpha value is -1.42. The molecule has 0 aromatic heterocycles. The summed E-state index contributed by atoms with van der Waals surface area (Å²) in [7, 11) is 1.60. The molecular formula is C16H15BrF2O. The van der Waals surface area contributed by atoms with Crippen LogP contribution in [-0.2, 0) is 6.42 Å². The average Bonchev–Trinajstić information content (AvgIpc) is 2.43. The van der Waals surface area contributed by atoms with Gasteiger partial charge in [-0.15, -0.1) is 0 Å². The Balaban J connectivity index is 2.23. The molecule has 0 spiro atoms. The fourth-order valence-electron chi connectivity index (χ4n) is 2.02. The van der Waals surface area contributed by atoms with Crippen LogP contribution >= 0.6 is 15.9 Å². The van der Waals surface area contributed by atoms with Gasteiger partial charge in [0.05, 0.1) is 7.11 Å². The van der Waals surface area contributed by atoms with Gasteiger partial charge in [-0.1, -0.05) is 28.1 Å². The molecule has 2 aromatic rings. The Morgan fingerprint density at radius 1 is 1.15 bits per heavy atom. The van der Waals surface area contributed by atoms with Gasteiger partial charge in [-0.3, -0.25) is 0 Å². The quantitative estimate of drug-likeness (QED) is 0.714. The van der Waals surface area contributed by atoms with Crippen LogP contribution < -0.4 is 4.74 Å². The minimum absolute atomic E-state index is 0.287. The summed E-state index contributed by atoms with van der Waals surface area (Å²) < 4.78 is 32.6. The summed E-state index contributed by atoms with van der Waals surface area (Å²) in [6.07, 6.45) is 0.552. The smallest absolute Gasteiger partial charge is 0.128 e. The summed E-state index contributed by atoms with van der Waals surface area (Å²) in [6.45, 7) is 1.55. The third kappa shape index (κ3) is 3.37. The van der Waals surface area contributed by atoms with E-state index in [1.807, 2.05) is 24.3 Å². The molecule has 1 unspecified atom stereocenters. The highest BCUT2D eigenvalue weighted by molar-refractivity contribution is 9.09. The Morgan fingerprint density at radius 3 is 2.60 bits per heavy atom. The topological polar surface area (TPSA) is 9.23 Å². The number of halogens is 3. The first-order valence-corrected chi connectivity index (χ1v) is 7.15. The minimum Gasteiger partial charge on any atom is -0.497 e. The van der Waals surface area contributed by atoms with Crippen molar-refractivity contribution in [3.8, 4) is 5.75 Å². The molecule has 0 aliphatic rings. The van der Waals surface area contributed by atoms with Gasteiger partial charge >= 0.3 is 0 Å². The highest BCUT2D eigenvalue weighted by atomic mass is 79.9. The fourth-order valence-corrected chi connectivity index (χ4v) is 2.74. The monoisotopic (exact) mass is 340 g/mol. The number of ether oxygens (including phenoxy) is 1. The molecule has 106 valence electrons. The molecular weight excluding hydrogens is 326 g/mol. The van der Waals surface area contributed by atoms with Gasteiger partial charge in [-0.2, -0.15) is 0 Å². The van der Waals surface area contributed by atoms with Gasteiger partial charge in [0.1, 0.15) is 17.4 Å². The number of methoxy groups -OCH3 is 1.